The Morgan fingerprint density at radius 3 is 2.81 bits per heavy atom. The van der Waals surface area contributed by atoms with Crippen molar-refractivity contribution in [3.63, 3.8) is 0 Å². The normalized spacial score (nSPS) is 19.2. The number of rotatable bonds is 12. The van der Waals surface area contributed by atoms with E-state index in [0.717, 1.165) is 16.5 Å². The average molecular weight is 511 g/mol. The van der Waals surface area contributed by atoms with Gasteiger partial charge in [0.25, 0.3) is 11.6 Å². The van der Waals surface area contributed by atoms with Crippen LogP contribution in [0.25, 0.3) is 11.0 Å². The molecule has 0 fully saturated rings. The van der Waals surface area contributed by atoms with E-state index in [-0.39, 0.29) is 42.3 Å². The quantitative estimate of drug-likeness (QED) is 0.188. The van der Waals surface area contributed by atoms with Gasteiger partial charge in [-0.1, -0.05) is 18.2 Å². The minimum atomic E-state index is -0.664. The number of furan rings is 1. The molecule has 3 N–H and O–H groups in total. The van der Waals surface area contributed by atoms with Crippen molar-refractivity contribution in [3.05, 3.63) is 76.4 Å². The molecule has 3 unspecified atom stereocenters. The van der Waals surface area contributed by atoms with E-state index < -0.39 is 11.2 Å². The number of nitrogens with zero attached hydrogens (tertiary/aromatic N) is 2. The number of hydrogen-bond donors (Lipinski definition) is 3. The van der Waals surface area contributed by atoms with Gasteiger partial charge in [-0.25, -0.2) is 4.98 Å². The van der Waals surface area contributed by atoms with Gasteiger partial charge in [0.05, 0.1) is 11.2 Å². The first kappa shape index (κ1) is 26.1. The van der Waals surface area contributed by atoms with Gasteiger partial charge < -0.3 is 29.6 Å². The van der Waals surface area contributed by atoms with Crippen LogP contribution in [0.5, 0.6) is 0 Å². The Morgan fingerprint density at radius 1 is 1.24 bits per heavy atom. The third-order valence-corrected chi connectivity index (χ3v) is 6.18. The smallest absolute Gasteiger partial charge is 0.287 e. The molecule has 4 rings (SSSR count). The Bertz CT molecular complexity index is 1240. The Balaban J connectivity index is 1.48. The topological polar surface area (TPSA) is 149 Å². The van der Waals surface area contributed by atoms with Crippen molar-refractivity contribution < 1.29 is 28.7 Å². The fraction of sp³-hybridized carbons (Fsp3) is 0.385. The number of ether oxygens (including phenoxy) is 2. The summed E-state index contributed by atoms with van der Waals surface area (Å²) in [7, 11) is 0. The summed E-state index contributed by atoms with van der Waals surface area (Å²) >= 11 is 0. The maximum Gasteiger partial charge on any atom is 0.287 e. The summed E-state index contributed by atoms with van der Waals surface area (Å²) in [5, 5.41) is 27.0. The molecule has 3 heterocycles. The molecular formula is C26H30N4O7. The molecule has 1 aromatic carbocycles. The van der Waals surface area contributed by atoms with Crippen molar-refractivity contribution in [2.75, 3.05) is 31.6 Å². The van der Waals surface area contributed by atoms with E-state index in [4.69, 9.17) is 13.9 Å². The van der Waals surface area contributed by atoms with Crippen LogP contribution in [0.1, 0.15) is 31.2 Å². The molecule has 1 amide bonds. The fourth-order valence-electron chi connectivity index (χ4n) is 4.43. The number of aliphatic hydroxyl groups is 1. The van der Waals surface area contributed by atoms with E-state index >= 15 is 0 Å². The van der Waals surface area contributed by atoms with Crippen LogP contribution in [0.15, 0.2) is 65.1 Å². The first-order valence-electron chi connectivity index (χ1n) is 12.2. The molecule has 0 radical (unpaired) electrons. The first-order valence-corrected chi connectivity index (χ1v) is 12.2. The minimum Gasteiger partial charge on any atom is -0.464 e. The molecule has 0 aliphatic carbocycles. The molecule has 0 saturated carbocycles. The van der Waals surface area contributed by atoms with Gasteiger partial charge in [0.15, 0.2) is 5.76 Å². The summed E-state index contributed by atoms with van der Waals surface area (Å²) in [5.74, 6) is -0.116. The summed E-state index contributed by atoms with van der Waals surface area (Å²) in [6.45, 7) is 2.94. The number of fused-ring (bicyclic) bond motifs is 1. The lowest BCUT2D eigenvalue weighted by Gasteiger charge is -2.36. The summed E-state index contributed by atoms with van der Waals surface area (Å²) in [6, 6.07) is 10.6. The number of amides is 1. The van der Waals surface area contributed by atoms with E-state index in [1.165, 1.54) is 18.3 Å². The van der Waals surface area contributed by atoms with Gasteiger partial charge >= 0.3 is 0 Å². The summed E-state index contributed by atoms with van der Waals surface area (Å²) in [4.78, 5) is 27.3. The van der Waals surface area contributed by atoms with Crippen molar-refractivity contribution in [2.45, 2.75) is 32.0 Å². The number of para-hydroxylation sites is 1. The van der Waals surface area contributed by atoms with Crippen molar-refractivity contribution in [2.24, 2.45) is 5.92 Å². The Morgan fingerprint density at radius 2 is 2.08 bits per heavy atom. The predicted octanol–water partition coefficient (Wildman–Crippen LogP) is 3.71. The van der Waals surface area contributed by atoms with Crippen LogP contribution in [0.3, 0.4) is 0 Å². The maximum absolute atomic E-state index is 13.0. The van der Waals surface area contributed by atoms with Gasteiger partial charge in [-0.2, -0.15) is 0 Å². The molecule has 1 aliphatic heterocycles. The Hall–Kier alpha value is -3.96. The first-order chi connectivity index (χ1) is 18.0. The molecule has 3 aromatic rings. The molecule has 3 atom stereocenters. The number of carbonyl (C=O) groups excluding carboxylic acids is 1. The number of anilines is 1. The highest BCUT2D eigenvalue weighted by molar-refractivity contribution is 5.92. The highest BCUT2D eigenvalue weighted by atomic mass is 16.7. The second-order valence-corrected chi connectivity index (χ2v) is 8.56. The standard InChI is InChI=1S/C26H30N4O7/c1-2-35-26-19(7-5-13-31)20(21-16-36-22-8-4-3-6-18(21)22)14-23(37-26)25(32)28-12-11-27-24-10-9-17(15-29-24)30(33)34/h3-4,6,8-10,14-16,19-20,26,31H,2,5,7,11-13H2,1H3,(H,27,29)(H,28,32). The largest absolute Gasteiger partial charge is 0.464 e. The number of nitrogens with one attached hydrogen (secondary N) is 2. The molecule has 11 nitrogen and oxygen atoms in total. The SMILES string of the molecule is CCOC1OC(C(=O)NCCNc2ccc([N+](=O)[O-])cn2)=CC(c2coc3ccccc23)C1CCCO. The molecule has 2 aromatic heterocycles. The van der Waals surface area contributed by atoms with Crippen LogP contribution in [-0.2, 0) is 14.3 Å². The second-order valence-electron chi connectivity index (χ2n) is 8.56. The van der Waals surface area contributed by atoms with E-state index in [0.29, 0.717) is 31.8 Å². The molecule has 1 aliphatic rings. The zero-order valence-electron chi connectivity index (χ0n) is 20.5. The van der Waals surface area contributed by atoms with E-state index in [2.05, 4.69) is 15.6 Å². The number of aliphatic hydroxyl groups excluding tert-OH is 1. The second kappa shape index (κ2) is 12.3. The molecular weight excluding hydrogens is 480 g/mol. The van der Waals surface area contributed by atoms with Gasteiger partial charge in [-0.15, -0.1) is 0 Å². The number of nitro groups is 1. The summed E-state index contributed by atoms with van der Waals surface area (Å²) in [5.41, 5.74) is 1.59. The van der Waals surface area contributed by atoms with E-state index in [9.17, 15) is 20.0 Å². The van der Waals surface area contributed by atoms with Gasteiger partial charge in [-0.05, 0) is 38.0 Å². The summed E-state index contributed by atoms with van der Waals surface area (Å²) in [6.07, 6.45) is 5.23. The lowest BCUT2D eigenvalue weighted by Crippen LogP contribution is -2.39. The lowest BCUT2D eigenvalue weighted by molar-refractivity contribution is -0.385. The molecule has 37 heavy (non-hydrogen) atoms. The highest BCUT2D eigenvalue weighted by Gasteiger charge is 2.39. The lowest BCUT2D eigenvalue weighted by atomic mass is 9.80. The van der Waals surface area contributed by atoms with Gasteiger partial charge in [0.1, 0.15) is 17.6 Å². The van der Waals surface area contributed by atoms with Gasteiger partial charge in [0.2, 0.25) is 6.29 Å². The molecule has 0 bridgehead atoms. The molecule has 11 heteroatoms. The average Bonchev–Trinajstić information content (AvgIpc) is 3.34. The Kier molecular flexibility index (Phi) is 8.70. The Labute approximate surface area is 213 Å². The van der Waals surface area contributed by atoms with Crippen LogP contribution in [0, 0.1) is 16.0 Å². The van der Waals surface area contributed by atoms with Crippen LogP contribution >= 0.6 is 0 Å². The van der Waals surface area contributed by atoms with Crippen molar-refractivity contribution in [1.29, 1.82) is 0 Å². The number of pyridine rings is 1. The molecule has 0 saturated heterocycles. The minimum absolute atomic E-state index is 0.0435. The third-order valence-electron chi connectivity index (χ3n) is 6.18. The maximum atomic E-state index is 13.0. The monoisotopic (exact) mass is 510 g/mol. The fourth-order valence-corrected chi connectivity index (χ4v) is 4.43. The number of allylic oxidation sites excluding steroid dienone is 1. The van der Waals surface area contributed by atoms with Crippen molar-refractivity contribution >= 4 is 28.4 Å². The van der Waals surface area contributed by atoms with Crippen molar-refractivity contribution in [3.8, 4) is 0 Å². The van der Waals surface area contributed by atoms with Crippen molar-refractivity contribution in [1.82, 2.24) is 10.3 Å². The third kappa shape index (κ3) is 6.25. The predicted molar refractivity (Wildman–Crippen MR) is 136 cm³/mol. The van der Waals surface area contributed by atoms with E-state index in [1.54, 1.807) is 12.3 Å². The summed E-state index contributed by atoms with van der Waals surface area (Å²) < 4.78 is 17.7. The van der Waals surface area contributed by atoms with Crippen LogP contribution in [-0.4, -0.2) is 53.5 Å². The number of carbonyl (C=O) groups is 1. The van der Waals surface area contributed by atoms with Crippen LogP contribution in [0.4, 0.5) is 11.5 Å². The van der Waals surface area contributed by atoms with Gasteiger partial charge in [-0.3, -0.25) is 14.9 Å². The number of aromatic nitrogens is 1. The highest BCUT2D eigenvalue weighted by Crippen LogP contribution is 2.42. The van der Waals surface area contributed by atoms with E-state index in [1.807, 2.05) is 31.2 Å². The zero-order chi connectivity index (χ0) is 26.2. The van der Waals surface area contributed by atoms with Crippen LogP contribution < -0.4 is 10.6 Å². The van der Waals surface area contributed by atoms with Crippen LogP contribution in [0.2, 0.25) is 0 Å². The molecule has 196 valence electrons. The number of benzene rings is 1. The van der Waals surface area contributed by atoms with Gasteiger partial charge in [0, 0.05) is 55.2 Å². The molecule has 0 spiro atoms. The number of hydrogen-bond acceptors (Lipinski definition) is 9. The zero-order valence-corrected chi connectivity index (χ0v) is 20.5.